The van der Waals surface area contributed by atoms with Crippen LogP contribution < -0.4 is 0 Å². The molecule has 0 aromatic rings. The molecule has 0 spiro atoms. The zero-order valence-corrected chi connectivity index (χ0v) is 8.31. The summed E-state index contributed by atoms with van der Waals surface area (Å²) < 4.78 is 0. The number of fused-ring (bicyclic) bond motifs is 1. The van der Waals surface area contributed by atoms with E-state index in [-0.39, 0.29) is 0 Å². The van der Waals surface area contributed by atoms with Gasteiger partial charge in [0.15, 0.2) is 0 Å². The molecule has 0 aromatic heterocycles. The van der Waals surface area contributed by atoms with E-state index in [1.165, 1.54) is 11.1 Å². The van der Waals surface area contributed by atoms with Gasteiger partial charge in [0.1, 0.15) is 0 Å². The van der Waals surface area contributed by atoms with Crippen molar-refractivity contribution in [1.82, 2.24) is 0 Å². The third-order valence-electron chi connectivity index (χ3n) is 2.64. The molecular formula is C12H16. The van der Waals surface area contributed by atoms with E-state index >= 15 is 0 Å². The second kappa shape index (κ2) is 2.35. The highest BCUT2D eigenvalue weighted by atomic mass is 14.3. The fourth-order valence-corrected chi connectivity index (χ4v) is 1.99. The Labute approximate surface area is 74.6 Å². The van der Waals surface area contributed by atoms with Crippen LogP contribution in [-0.4, -0.2) is 0 Å². The Hall–Kier alpha value is -0.780. The van der Waals surface area contributed by atoms with Crippen molar-refractivity contribution in [2.45, 2.75) is 39.5 Å². The molecule has 0 saturated carbocycles. The highest BCUT2D eigenvalue weighted by Crippen LogP contribution is 2.46. The lowest BCUT2D eigenvalue weighted by Crippen LogP contribution is -1.93. The van der Waals surface area contributed by atoms with Crippen LogP contribution in [0.3, 0.4) is 0 Å². The van der Waals surface area contributed by atoms with Crippen LogP contribution in [-0.2, 0) is 0 Å². The first kappa shape index (κ1) is 7.85. The molecule has 0 amide bonds. The predicted molar refractivity (Wildman–Crippen MR) is 53.6 cm³/mol. The molecule has 0 aliphatic heterocycles. The number of hydrogen-bond donors (Lipinski definition) is 0. The zero-order valence-electron chi connectivity index (χ0n) is 8.31. The maximum absolute atomic E-state index is 2.36. The van der Waals surface area contributed by atoms with Gasteiger partial charge in [0, 0.05) is 0 Å². The van der Waals surface area contributed by atoms with Crippen LogP contribution in [0.4, 0.5) is 0 Å². The molecular weight excluding hydrogens is 144 g/mol. The molecule has 0 aromatic carbocycles. The summed E-state index contributed by atoms with van der Waals surface area (Å²) in [7, 11) is 0. The molecule has 64 valence electrons. The fraction of sp³-hybridized carbons (Fsp3) is 0.500. The number of hydrogen-bond acceptors (Lipinski definition) is 0. The van der Waals surface area contributed by atoms with Gasteiger partial charge in [-0.1, -0.05) is 33.8 Å². The molecule has 0 heterocycles. The summed E-state index contributed by atoms with van der Waals surface area (Å²) in [6.45, 7) is 9.13. The molecule has 0 saturated heterocycles. The molecule has 0 N–H and O–H groups in total. The van der Waals surface area contributed by atoms with Crippen LogP contribution in [0.1, 0.15) is 50.7 Å². The van der Waals surface area contributed by atoms with Crippen LogP contribution in [0.5, 0.6) is 0 Å². The van der Waals surface area contributed by atoms with Crippen molar-refractivity contribution < 1.29 is 0 Å². The average molecular weight is 160 g/mol. The summed E-state index contributed by atoms with van der Waals surface area (Å²) in [4.78, 5) is 0. The van der Waals surface area contributed by atoms with Gasteiger partial charge in [-0.15, -0.1) is 0 Å². The molecule has 0 radical (unpaired) electrons. The maximum atomic E-state index is 2.36. The van der Waals surface area contributed by atoms with Crippen LogP contribution in [0.25, 0.3) is 11.1 Å². The lowest BCUT2D eigenvalue weighted by molar-refractivity contribution is 0.801. The van der Waals surface area contributed by atoms with Crippen molar-refractivity contribution in [2.24, 2.45) is 0 Å². The normalized spacial score (nSPS) is 12.8. The predicted octanol–water partition coefficient (Wildman–Crippen LogP) is 3.91. The molecule has 0 bridgehead atoms. The van der Waals surface area contributed by atoms with Gasteiger partial charge >= 0.3 is 0 Å². The Balaban J connectivity index is 2.45. The Kier molecular flexibility index (Phi) is 1.54. The first-order valence-corrected chi connectivity index (χ1v) is 4.79. The van der Waals surface area contributed by atoms with Crippen molar-refractivity contribution in [1.29, 1.82) is 0 Å². The maximum Gasteiger partial charge on any atom is -0.0140 e. The topological polar surface area (TPSA) is 0 Å². The van der Waals surface area contributed by atoms with E-state index in [1.807, 2.05) is 0 Å². The van der Waals surface area contributed by atoms with E-state index in [9.17, 15) is 0 Å². The van der Waals surface area contributed by atoms with Gasteiger partial charge in [-0.25, -0.2) is 0 Å². The van der Waals surface area contributed by atoms with Gasteiger partial charge < -0.3 is 0 Å². The van der Waals surface area contributed by atoms with Crippen molar-refractivity contribution >= 4 is 0 Å². The van der Waals surface area contributed by atoms with Crippen molar-refractivity contribution in [3.63, 3.8) is 0 Å². The summed E-state index contributed by atoms with van der Waals surface area (Å²) >= 11 is 0. The van der Waals surface area contributed by atoms with E-state index in [4.69, 9.17) is 0 Å². The minimum Gasteiger partial charge on any atom is -0.0587 e. The monoisotopic (exact) mass is 160 g/mol. The highest BCUT2D eigenvalue weighted by molar-refractivity contribution is 5.87. The molecule has 12 heavy (non-hydrogen) atoms. The SMILES string of the molecule is CC(C)c1cc2cc-2c1C(C)C. The van der Waals surface area contributed by atoms with Crippen molar-refractivity contribution in [3.8, 4) is 11.1 Å². The average Bonchev–Trinajstić information content (AvgIpc) is 2.60. The first-order chi connectivity index (χ1) is 5.61. The second-order valence-corrected chi connectivity index (χ2v) is 4.34. The molecule has 2 aliphatic carbocycles. The molecule has 0 nitrogen and oxygen atoms in total. The van der Waals surface area contributed by atoms with Crippen molar-refractivity contribution in [3.05, 3.63) is 23.3 Å². The highest BCUT2D eigenvalue weighted by Gasteiger charge is 2.25. The minimum absolute atomic E-state index is 0.684. The zero-order chi connectivity index (χ0) is 8.88. The summed E-state index contributed by atoms with van der Waals surface area (Å²) in [6.07, 6.45) is 0. The summed E-state index contributed by atoms with van der Waals surface area (Å²) in [5.41, 5.74) is 6.19. The molecule has 2 aliphatic rings. The third kappa shape index (κ3) is 0.979. The molecule has 0 atom stereocenters. The third-order valence-corrected chi connectivity index (χ3v) is 2.64. The van der Waals surface area contributed by atoms with E-state index < -0.39 is 0 Å². The molecule has 0 unspecified atom stereocenters. The molecule has 0 heteroatoms. The summed E-state index contributed by atoms with van der Waals surface area (Å²) in [5, 5.41) is 0. The van der Waals surface area contributed by atoms with Gasteiger partial charge in [-0.2, -0.15) is 0 Å². The Morgan fingerprint density at radius 1 is 0.917 bits per heavy atom. The van der Waals surface area contributed by atoms with E-state index in [1.54, 1.807) is 11.1 Å². The van der Waals surface area contributed by atoms with E-state index in [0.29, 0.717) is 11.8 Å². The van der Waals surface area contributed by atoms with Gasteiger partial charge in [-0.3, -0.25) is 0 Å². The van der Waals surface area contributed by atoms with Gasteiger partial charge in [0.25, 0.3) is 0 Å². The van der Waals surface area contributed by atoms with Gasteiger partial charge in [-0.05, 0) is 40.2 Å². The van der Waals surface area contributed by atoms with Crippen LogP contribution in [0.2, 0.25) is 0 Å². The van der Waals surface area contributed by atoms with Gasteiger partial charge in [0.2, 0.25) is 0 Å². The molecule has 0 fully saturated rings. The van der Waals surface area contributed by atoms with Crippen LogP contribution in [0.15, 0.2) is 12.1 Å². The quantitative estimate of drug-likeness (QED) is 0.624. The Bertz CT molecular complexity index is 319. The Morgan fingerprint density at radius 3 is 2.00 bits per heavy atom. The van der Waals surface area contributed by atoms with Crippen LogP contribution in [0, 0.1) is 0 Å². The second-order valence-electron chi connectivity index (χ2n) is 4.34. The van der Waals surface area contributed by atoms with E-state index in [2.05, 4.69) is 39.8 Å². The van der Waals surface area contributed by atoms with E-state index in [0.717, 1.165) is 0 Å². The lowest BCUT2D eigenvalue weighted by atomic mass is 9.94. The minimum atomic E-state index is 0.684. The summed E-state index contributed by atoms with van der Waals surface area (Å²) in [6, 6.07) is 4.65. The largest absolute Gasteiger partial charge is 0.0587 e. The summed E-state index contributed by atoms with van der Waals surface area (Å²) in [5.74, 6) is 1.37. The molecule has 2 rings (SSSR count). The van der Waals surface area contributed by atoms with Crippen molar-refractivity contribution in [2.75, 3.05) is 0 Å². The number of rotatable bonds is 2. The Morgan fingerprint density at radius 2 is 1.58 bits per heavy atom. The number of benzene rings is 1. The standard InChI is InChI=1S/C12H16/c1-7(2)10-5-9-6-11(9)12(10)8(3)4/h5-8H,1-4H3. The van der Waals surface area contributed by atoms with Gasteiger partial charge in [0.05, 0.1) is 0 Å². The first-order valence-electron chi connectivity index (χ1n) is 4.79. The fourth-order valence-electron chi connectivity index (χ4n) is 1.99. The van der Waals surface area contributed by atoms with Crippen LogP contribution >= 0.6 is 0 Å². The lowest BCUT2D eigenvalue weighted by Gasteiger charge is -2.11. The smallest absolute Gasteiger partial charge is 0.0140 e.